The lowest BCUT2D eigenvalue weighted by atomic mass is 9.85. The van der Waals surface area contributed by atoms with E-state index >= 15 is 0 Å². The third kappa shape index (κ3) is 4.44. The maximum absolute atomic E-state index is 12.9. The zero-order chi connectivity index (χ0) is 18.9. The molecular formula is C17H20F3N3O3. The van der Waals surface area contributed by atoms with Crippen LogP contribution in [0.3, 0.4) is 0 Å². The summed E-state index contributed by atoms with van der Waals surface area (Å²) in [6.45, 7) is 0. The first-order valence-corrected chi connectivity index (χ1v) is 8.66. The summed E-state index contributed by atoms with van der Waals surface area (Å²) >= 11 is 0. The Balaban J connectivity index is 1.69. The molecule has 6 nitrogen and oxygen atoms in total. The van der Waals surface area contributed by atoms with Gasteiger partial charge in [0.1, 0.15) is 5.69 Å². The van der Waals surface area contributed by atoms with Gasteiger partial charge in [0.25, 0.3) is 11.6 Å². The highest BCUT2D eigenvalue weighted by Gasteiger charge is 2.42. The number of benzene rings is 1. The van der Waals surface area contributed by atoms with E-state index < -0.39 is 29.0 Å². The predicted octanol–water partition coefficient (Wildman–Crippen LogP) is 4.02. The lowest BCUT2D eigenvalue weighted by Gasteiger charge is -2.31. The minimum Gasteiger partial charge on any atom is -0.377 e. The Hall–Kier alpha value is -2.32. The Morgan fingerprint density at radius 2 is 1.88 bits per heavy atom. The summed E-state index contributed by atoms with van der Waals surface area (Å²) in [6, 6.07) is 3.74. The molecule has 2 aliphatic carbocycles. The van der Waals surface area contributed by atoms with Crippen molar-refractivity contribution in [2.45, 2.75) is 56.8 Å². The zero-order valence-electron chi connectivity index (χ0n) is 14.0. The first-order chi connectivity index (χ1) is 12.2. The minimum absolute atomic E-state index is 0.0723. The molecule has 0 spiro atoms. The molecule has 2 atom stereocenters. The number of hydrogen-bond acceptors (Lipinski definition) is 4. The smallest absolute Gasteiger partial charge is 0.377 e. The summed E-state index contributed by atoms with van der Waals surface area (Å²) in [5, 5.41) is 16.9. The fourth-order valence-corrected chi connectivity index (χ4v) is 3.28. The van der Waals surface area contributed by atoms with E-state index in [0.29, 0.717) is 18.5 Å². The third-order valence-electron chi connectivity index (χ3n) is 4.87. The molecule has 0 heterocycles. The highest BCUT2D eigenvalue weighted by atomic mass is 19.4. The molecule has 0 saturated heterocycles. The number of carbonyl (C=O) groups is 1. The second kappa shape index (κ2) is 7.13. The predicted molar refractivity (Wildman–Crippen MR) is 89.0 cm³/mol. The van der Waals surface area contributed by atoms with Crippen LogP contribution in [0.5, 0.6) is 0 Å². The summed E-state index contributed by atoms with van der Waals surface area (Å²) < 4.78 is 38.6. The zero-order valence-corrected chi connectivity index (χ0v) is 14.0. The Morgan fingerprint density at radius 1 is 1.15 bits per heavy atom. The molecule has 2 fully saturated rings. The lowest BCUT2D eigenvalue weighted by Crippen LogP contribution is -2.41. The quantitative estimate of drug-likeness (QED) is 0.605. The van der Waals surface area contributed by atoms with Gasteiger partial charge in [0.2, 0.25) is 0 Å². The molecule has 2 unspecified atom stereocenters. The average Bonchev–Trinajstić information content (AvgIpc) is 3.38. The van der Waals surface area contributed by atoms with Gasteiger partial charge in [-0.3, -0.25) is 14.9 Å². The number of anilines is 1. The molecule has 1 aromatic rings. The van der Waals surface area contributed by atoms with E-state index in [1.165, 1.54) is 18.2 Å². The van der Waals surface area contributed by atoms with Gasteiger partial charge in [-0.05, 0) is 44.2 Å². The summed E-state index contributed by atoms with van der Waals surface area (Å²) in [7, 11) is 0. The molecule has 0 radical (unpaired) electrons. The van der Waals surface area contributed by atoms with Gasteiger partial charge >= 0.3 is 6.18 Å². The molecule has 0 aromatic heterocycles. The normalized spacial score (nSPS) is 23.3. The number of nitro benzene ring substituents is 1. The van der Waals surface area contributed by atoms with Gasteiger partial charge in [0.05, 0.1) is 10.8 Å². The van der Waals surface area contributed by atoms with Gasteiger partial charge in [0, 0.05) is 23.7 Å². The molecule has 0 bridgehead atoms. The van der Waals surface area contributed by atoms with Crippen molar-refractivity contribution in [3.63, 3.8) is 0 Å². The molecule has 1 amide bonds. The van der Waals surface area contributed by atoms with Crippen molar-refractivity contribution in [1.82, 2.24) is 5.32 Å². The Kier molecular flexibility index (Phi) is 5.06. The minimum atomic E-state index is -4.27. The van der Waals surface area contributed by atoms with Crippen molar-refractivity contribution >= 4 is 17.3 Å². The van der Waals surface area contributed by atoms with Crippen LogP contribution >= 0.6 is 0 Å². The number of rotatable bonds is 5. The summed E-state index contributed by atoms with van der Waals surface area (Å²) in [6.07, 6.45) is -1.59. The van der Waals surface area contributed by atoms with Crippen LogP contribution in [0.1, 0.15) is 48.9 Å². The van der Waals surface area contributed by atoms with Gasteiger partial charge in [0.15, 0.2) is 0 Å². The molecule has 142 valence electrons. The van der Waals surface area contributed by atoms with Crippen LogP contribution in [0.15, 0.2) is 18.2 Å². The van der Waals surface area contributed by atoms with Crippen LogP contribution in [0.4, 0.5) is 24.5 Å². The van der Waals surface area contributed by atoms with Crippen LogP contribution in [0, 0.1) is 16.0 Å². The number of alkyl halides is 3. The summed E-state index contributed by atoms with van der Waals surface area (Å²) in [4.78, 5) is 23.0. The molecule has 2 aliphatic rings. The van der Waals surface area contributed by atoms with E-state index in [9.17, 15) is 28.1 Å². The van der Waals surface area contributed by atoms with Crippen molar-refractivity contribution < 1.29 is 22.9 Å². The Labute approximate surface area is 148 Å². The maximum atomic E-state index is 12.9. The van der Waals surface area contributed by atoms with Gasteiger partial charge < -0.3 is 10.6 Å². The van der Waals surface area contributed by atoms with Crippen LogP contribution in [-0.2, 0) is 0 Å². The van der Waals surface area contributed by atoms with E-state index in [2.05, 4.69) is 10.6 Å². The second-order valence-electron chi connectivity index (χ2n) is 6.98. The number of nitrogens with zero attached hydrogens (tertiary/aromatic N) is 1. The van der Waals surface area contributed by atoms with Crippen molar-refractivity contribution in [3.05, 3.63) is 33.9 Å². The standard InChI is InChI=1S/C17H20F3N3O3/c18-17(19,20)11-2-1-3-13(9-11)22-16(24)10-4-7-14(21-12-5-6-12)15(8-10)23(25)26/h4,7-8,11-13,21H,1-3,5-6,9H2,(H,22,24). The number of nitrogens with one attached hydrogen (secondary N) is 2. The molecule has 1 aromatic carbocycles. The SMILES string of the molecule is O=C(NC1CCCC(C(F)(F)F)C1)c1ccc(NC2CC2)c([N+](=O)[O-])c1. The van der Waals surface area contributed by atoms with Gasteiger partial charge in [-0.1, -0.05) is 6.42 Å². The van der Waals surface area contributed by atoms with E-state index in [4.69, 9.17) is 0 Å². The third-order valence-corrected chi connectivity index (χ3v) is 4.87. The van der Waals surface area contributed by atoms with Crippen molar-refractivity contribution in [2.75, 3.05) is 5.32 Å². The van der Waals surface area contributed by atoms with Gasteiger partial charge in [-0.2, -0.15) is 13.2 Å². The highest BCUT2D eigenvalue weighted by Crippen LogP contribution is 2.37. The topological polar surface area (TPSA) is 84.3 Å². The molecule has 2 N–H and O–H groups in total. The fraction of sp³-hybridized carbons (Fsp3) is 0.588. The second-order valence-corrected chi connectivity index (χ2v) is 6.98. The molecule has 9 heteroatoms. The largest absolute Gasteiger partial charge is 0.391 e. The first kappa shape index (κ1) is 18.5. The fourth-order valence-electron chi connectivity index (χ4n) is 3.28. The van der Waals surface area contributed by atoms with Crippen molar-refractivity contribution in [2.24, 2.45) is 5.92 Å². The highest BCUT2D eigenvalue weighted by molar-refractivity contribution is 5.96. The Bertz CT molecular complexity index is 704. The monoisotopic (exact) mass is 371 g/mol. The molecule has 26 heavy (non-hydrogen) atoms. The molecule has 2 saturated carbocycles. The average molecular weight is 371 g/mol. The number of hydrogen-bond donors (Lipinski definition) is 2. The summed E-state index contributed by atoms with van der Waals surface area (Å²) in [5.74, 6) is -2.00. The maximum Gasteiger partial charge on any atom is 0.391 e. The van der Waals surface area contributed by atoms with Gasteiger partial charge in [-0.15, -0.1) is 0 Å². The number of carbonyl (C=O) groups excluding carboxylic acids is 1. The van der Waals surface area contributed by atoms with E-state index in [0.717, 1.165) is 12.8 Å². The van der Waals surface area contributed by atoms with Crippen LogP contribution < -0.4 is 10.6 Å². The van der Waals surface area contributed by atoms with Crippen molar-refractivity contribution in [1.29, 1.82) is 0 Å². The Morgan fingerprint density at radius 3 is 2.50 bits per heavy atom. The first-order valence-electron chi connectivity index (χ1n) is 8.66. The number of nitro groups is 1. The van der Waals surface area contributed by atoms with E-state index in [1.807, 2.05) is 0 Å². The van der Waals surface area contributed by atoms with E-state index in [-0.39, 0.29) is 30.1 Å². The number of halogens is 3. The van der Waals surface area contributed by atoms with Gasteiger partial charge in [-0.25, -0.2) is 0 Å². The summed E-state index contributed by atoms with van der Waals surface area (Å²) in [5.41, 5.74) is 0.220. The van der Waals surface area contributed by atoms with Crippen LogP contribution in [-0.4, -0.2) is 29.1 Å². The molecule has 3 rings (SSSR count). The molecular weight excluding hydrogens is 351 g/mol. The van der Waals surface area contributed by atoms with E-state index in [1.54, 1.807) is 0 Å². The number of amides is 1. The van der Waals surface area contributed by atoms with Crippen LogP contribution in [0.2, 0.25) is 0 Å². The van der Waals surface area contributed by atoms with Crippen molar-refractivity contribution in [3.8, 4) is 0 Å². The van der Waals surface area contributed by atoms with Crippen LogP contribution in [0.25, 0.3) is 0 Å². The lowest BCUT2D eigenvalue weighted by molar-refractivity contribution is -0.384. The molecule has 0 aliphatic heterocycles.